The van der Waals surface area contributed by atoms with E-state index >= 15 is 0 Å². The Morgan fingerprint density at radius 1 is 0.521 bits per heavy atom. The molecule has 0 spiro atoms. The van der Waals surface area contributed by atoms with Gasteiger partial charge in [0.05, 0.1) is 21.6 Å². The maximum absolute atomic E-state index is 13.0. The summed E-state index contributed by atoms with van der Waals surface area (Å²) >= 11 is 0. The van der Waals surface area contributed by atoms with Crippen LogP contribution >= 0.6 is 0 Å². The lowest BCUT2D eigenvalue weighted by Gasteiger charge is -2.09. The third-order valence-corrected chi connectivity index (χ3v) is 7.89. The summed E-state index contributed by atoms with van der Waals surface area (Å²) in [4.78, 5) is 7.34. The molecule has 6 nitrogen and oxygen atoms in total. The average Bonchev–Trinajstić information content (AvgIpc) is 3.51. The Bertz CT molecular complexity index is 2420. The highest BCUT2D eigenvalue weighted by atomic mass is 19.4. The number of rotatable bonds is 4. The fourth-order valence-electron chi connectivity index (χ4n) is 5.79. The van der Waals surface area contributed by atoms with Crippen LogP contribution in [-0.4, -0.2) is 0 Å². The number of benzene rings is 5. The molecule has 0 aliphatic heterocycles. The summed E-state index contributed by atoms with van der Waals surface area (Å²) in [6.45, 7) is 7.46. The molecule has 0 amide bonds. The van der Waals surface area contributed by atoms with Crippen LogP contribution in [0.2, 0.25) is 0 Å². The SMILES string of the molecule is [C-]#[N+]N=c1c2cc(Oc3ccc(C(F)(F)F)cc3)ccc2c2cc3c(=NC#N)c4cc(Oc5ccc(C(F)(F)F)cc5)ccc4c3cc12. The predicted octanol–water partition coefficient (Wildman–Crippen LogP) is 9.91. The van der Waals surface area contributed by atoms with Crippen molar-refractivity contribution in [3.05, 3.63) is 130 Å². The lowest BCUT2D eigenvalue weighted by atomic mass is 10.1. The van der Waals surface area contributed by atoms with Crippen LogP contribution in [0.25, 0.3) is 48.0 Å². The van der Waals surface area contributed by atoms with Crippen molar-refractivity contribution in [2.75, 3.05) is 0 Å². The van der Waals surface area contributed by atoms with Gasteiger partial charge >= 0.3 is 12.4 Å². The van der Waals surface area contributed by atoms with Gasteiger partial charge in [0.2, 0.25) is 6.19 Å². The van der Waals surface area contributed by atoms with E-state index in [1.807, 2.05) is 18.3 Å². The maximum Gasteiger partial charge on any atom is 0.416 e. The van der Waals surface area contributed by atoms with Gasteiger partial charge in [0.25, 0.3) is 0 Å². The summed E-state index contributed by atoms with van der Waals surface area (Å²) in [5.74, 6) is 1.02. The minimum atomic E-state index is -4.48. The summed E-state index contributed by atoms with van der Waals surface area (Å²) in [6, 6.07) is 22.4. The molecule has 0 saturated carbocycles. The third-order valence-electron chi connectivity index (χ3n) is 7.89. The molecule has 0 N–H and O–H groups in total. The number of halogens is 6. The number of alkyl halides is 6. The zero-order valence-corrected chi connectivity index (χ0v) is 24.1. The van der Waals surface area contributed by atoms with Crippen molar-refractivity contribution in [2.24, 2.45) is 10.1 Å². The first kappa shape index (κ1) is 30.3. The molecule has 0 aliphatic carbocycles. The minimum absolute atomic E-state index is 0.189. The highest BCUT2D eigenvalue weighted by molar-refractivity contribution is 6.21. The molecule has 0 aliphatic rings. The van der Waals surface area contributed by atoms with Crippen LogP contribution in [0.15, 0.2) is 107 Å². The largest absolute Gasteiger partial charge is 0.457 e. The molecule has 7 aromatic rings. The molecule has 0 aromatic heterocycles. The van der Waals surface area contributed by atoms with E-state index in [9.17, 15) is 31.6 Å². The van der Waals surface area contributed by atoms with Gasteiger partial charge in [0, 0.05) is 21.5 Å². The van der Waals surface area contributed by atoms with E-state index in [2.05, 4.69) is 15.0 Å². The Morgan fingerprint density at radius 2 is 0.917 bits per heavy atom. The standard InChI is InChI=1S/C36H16F6N4O2/c1-44-46-34-30-15-24(48-22-8-4-20(5-9-22)36(40,41)42)11-13-26(30)28-16-31-27(17-32(28)34)25-12-10-23(14-29(25)33(31)45-18-43)47-21-6-2-19(3-7-21)35(37,38)39/h2-17H. The quantitative estimate of drug-likeness (QED) is 0.0824. The van der Waals surface area contributed by atoms with Crippen LogP contribution in [0.3, 0.4) is 0 Å². The van der Waals surface area contributed by atoms with Crippen molar-refractivity contribution in [1.82, 2.24) is 0 Å². The lowest BCUT2D eigenvalue weighted by molar-refractivity contribution is -0.138. The van der Waals surface area contributed by atoms with Crippen molar-refractivity contribution in [3.8, 4) is 29.2 Å². The molecule has 0 radical (unpaired) electrons. The molecular formula is C36H16F6N4O2. The average molecular weight is 651 g/mol. The lowest BCUT2D eigenvalue weighted by Crippen LogP contribution is -2.04. The van der Waals surface area contributed by atoms with Crippen molar-refractivity contribution < 1.29 is 35.8 Å². The molecule has 0 saturated heterocycles. The van der Waals surface area contributed by atoms with Gasteiger partial charge in [-0.05, 0) is 119 Å². The van der Waals surface area contributed by atoms with Crippen LogP contribution in [0.5, 0.6) is 23.0 Å². The summed E-state index contributed by atoms with van der Waals surface area (Å²) < 4.78 is 89.5. The second kappa shape index (κ2) is 11.1. The van der Waals surface area contributed by atoms with Crippen LogP contribution in [0.1, 0.15) is 11.1 Å². The Labute approximate surface area is 266 Å². The zero-order valence-electron chi connectivity index (χ0n) is 24.1. The number of ether oxygens (including phenoxy) is 2. The highest BCUT2D eigenvalue weighted by Crippen LogP contribution is 2.37. The van der Waals surface area contributed by atoms with Gasteiger partial charge < -0.3 is 9.47 Å². The Balaban J connectivity index is 1.34. The van der Waals surface area contributed by atoms with E-state index in [0.717, 1.165) is 24.3 Å². The van der Waals surface area contributed by atoms with Gasteiger partial charge in [-0.3, -0.25) is 0 Å². The Hall–Kier alpha value is -6.40. The topological polar surface area (TPSA) is 71.3 Å². The number of nitrogens with zero attached hydrogens (tertiary/aromatic N) is 4. The van der Waals surface area contributed by atoms with E-state index in [-0.39, 0.29) is 11.5 Å². The molecule has 0 unspecified atom stereocenters. The molecule has 234 valence electrons. The van der Waals surface area contributed by atoms with E-state index in [1.165, 1.54) is 24.3 Å². The van der Waals surface area contributed by atoms with Crippen LogP contribution in [0, 0.1) is 18.0 Å². The fraction of sp³-hybridized carbons (Fsp3) is 0.0556. The molecule has 48 heavy (non-hydrogen) atoms. The van der Waals surface area contributed by atoms with E-state index in [0.29, 0.717) is 65.3 Å². The molecule has 7 aromatic carbocycles. The molecule has 7 rings (SSSR count). The number of nitriles is 1. The normalized spacial score (nSPS) is 13.0. The van der Waals surface area contributed by atoms with Crippen molar-refractivity contribution in [2.45, 2.75) is 12.4 Å². The van der Waals surface area contributed by atoms with Gasteiger partial charge in [-0.25, -0.2) is 0 Å². The van der Waals surface area contributed by atoms with E-state index in [4.69, 9.17) is 16.0 Å². The zero-order chi connectivity index (χ0) is 33.8. The Morgan fingerprint density at radius 3 is 1.33 bits per heavy atom. The van der Waals surface area contributed by atoms with Gasteiger partial charge in [-0.15, -0.1) is 4.95 Å². The van der Waals surface area contributed by atoms with Crippen LogP contribution in [-0.2, 0) is 12.4 Å². The van der Waals surface area contributed by atoms with E-state index < -0.39 is 23.5 Å². The molecule has 0 heterocycles. The smallest absolute Gasteiger partial charge is 0.416 e. The summed E-state index contributed by atoms with van der Waals surface area (Å²) in [7, 11) is 0. The first-order chi connectivity index (χ1) is 22.9. The maximum atomic E-state index is 13.0. The van der Waals surface area contributed by atoms with Crippen molar-refractivity contribution >= 4 is 43.1 Å². The summed E-state index contributed by atoms with van der Waals surface area (Å²) in [6.07, 6.45) is -7.12. The molecule has 0 atom stereocenters. The van der Waals surface area contributed by atoms with Gasteiger partial charge in [0.15, 0.2) is 5.36 Å². The van der Waals surface area contributed by atoms with Crippen molar-refractivity contribution in [1.29, 1.82) is 5.26 Å². The van der Waals surface area contributed by atoms with Crippen molar-refractivity contribution in [3.63, 3.8) is 0 Å². The highest BCUT2D eigenvalue weighted by Gasteiger charge is 2.31. The van der Waals surface area contributed by atoms with Crippen LogP contribution in [0.4, 0.5) is 26.3 Å². The summed E-state index contributed by atoms with van der Waals surface area (Å²) in [5.41, 5.74) is -1.61. The van der Waals surface area contributed by atoms with Gasteiger partial charge in [0.1, 0.15) is 23.0 Å². The Kier molecular flexibility index (Phi) is 7.02. The number of fused-ring (bicyclic) bond motifs is 6. The first-order valence-corrected chi connectivity index (χ1v) is 14.0. The monoisotopic (exact) mass is 650 g/mol. The molecule has 12 heteroatoms. The van der Waals surface area contributed by atoms with Crippen LogP contribution < -0.4 is 20.2 Å². The molecular weight excluding hydrogens is 634 g/mol. The first-order valence-electron chi connectivity index (χ1n) is 14.0. The summed E-state index contributed by atoms with van der Waals surface area (Å²) in [5, 5.41) is 19.6. The molecule has 0 fully saturated rings. The van der Waals surface area contributed by atoms with Gasteiger partial charge in [-0.1, -0.05) is 0 Å². The second-order valence-electron chi connectivity index (χ2n) is 10.7. The minimum Gasteiger partial charge on any atom is -0.457 e. The second-order valence-corrected chi connectivity index (χ2v) is 10.7. The van der Waals surface area contributed by atoms with Gasteiger partial charge in [-0.2, -0.15) is 43.2 Å². The van der Waals surface area contributed by atoms with E-state index in [1.54, 1.807) is 36.4 Å². The third kappa shape index (κ3) is 5.29. The fourth-order valence-corrected chi connectivity index (χ4v) is 5.79. The number of hydrogen-bond acceptors (Lipinski definition) is 5. The predicted molar refractivity (Wildman–Crippen MR) is 165 cm³/mol. The number of hydrogen-bond donors (Lipinski definition) is 0. The molecule has 0 bridgehead atoms.